The molecule has 110 valence electrons. The zero-order valence-corrected chi connectivity index (χ0v) is 12.8. The van der Waals surface area contributed by atoms with Crippen molar-refractivity contribution in [2.75, 3.05) is 45.1 Å². The molecular formula is C12H28N2O3S. The Morgan fingerprint density at radius 2 is 1.89 bits per heavy atom. The lowest BCUT2D eigenvalue weighted by Gasteiger charge is -2.20. The summed E-state index contributed by atoms with van der Waals surface area (Å²) in [6.45, 7) is 9.63. The topological polar surface area (TPSA) is 58.6 Å². The SMILES string of the molecule is CCCNCCCS(=O)(=O)N(CC)CCOCC. The minimum atomic E-state index is -3.13. The van der Waals surface area contributed by atoms with Gasteiger partial charge in [0.1, 0.15) is 0 Å². The zero-order chi connectivity index (χ0) is 13.9. The van der Waals surface area contributed by atoms with Crippen molar-refractivity contribution < 1.29 is 13.2 Å². The second-order valence-electron chi connectivity index (χ2n) is 4.11. The van der Waals surface area contributed by atoms with Gasteiger partial charge < -0.3 is 10.1 Å². The van der Waals surface area contributed by atoms with Crippen LogP contribution in [0.2, 0.25) is 0 Å². The Morgan fingerprint density at radius 3 is 2.44 bits per heavy atom. The highest BCUT2D eigenvalue weighted by atomic mass is 32.2. The van der Waals surface area contributed by atoms with Crippen molar-refractivity contribution in [2.24, 2.45) is 0 Å². The molecule has 0 amide bonds. The van der Waals surface area contributed by atoms with E-state index in [-0.39, 0.29) is 5.75 Å². The second-order valence-corrected chi connectivity index (χ2v) is 6.20. The van der Waals surface area contributed by atoms with Gasteiger partial charge in [0.25, 0.3) is 0 Å². The van der Waals surface area contributed by atoms with E-state index < -0.39 is 10.0 Å². The number of rotatable bonds is 12. The molecule has 0 fully saturated rings. The molecule has 0 aromatic carbocycles. The number of sulfonamides is 1. The van der Waals surface area contributed by atoms with Crippen LogP contribution in [0.1, 0.15) is 33.6 Å². The molecule has 0 aromatic rings. The van der Waals surface area contributed by atoms with E-state index in [9.17, 15) is 8.42 Å². The molecule has 0 aliphatic carbocycles. The van der Waals surface area contributed by atoms with E-state index in [1.54, 1.807) is 0 Å². The van der Waals surface area contributed by atoms with Crippen LogP contribution in [-0.2, 0) is 14.8 Å². The largest absolute Gasteiger partial charge is 0.380 e. The van der Waals surface area contributed by atoms with Crippen molar-refractivity contribution in [1.82, 2.24) is 9.62 Å². The predicted octanol–water partition coefficient (Wildman–Crippen LogP) is 1.06. The zero-order valence-electron chi connectivity index (χ0n) is 11.9. The Hall–Kier alpha value is -0.170. The molecule has 18 heavy (non-hydrogen) atoms. The van der Waals surface area contributed by atoms with Crippen molar-refractivity contribution in [3.63, 3.8) is 0 Å². The summed E-state index contributed by atoms with van der Waals surface area (Å²) in [4.78, 5) is 0. The maximum Gasteiger partial charge on any atom is 0.214 e. The van der Waals surface area contributed by atoms with E-state index in [1.165, 1.54) is 4.31 Å². The molecule has 0 heterocycles. The van der Waals surface area contributed by atoms with Gasteiger partial charge in [-0.3, -0.25) is 0 Å². The van der Waals surface area contributed by atoms with Crippen molar-refractivity contribution in [3.05, 3.63) is 0 Å². The second kappa shape index (κ2) is 10.7. The average Bonchev–Trinajstić information content (AvgIpc) is 2.34. The number of nitrogens with one attached hydrogen (secondary N) is 1. The van der Waals surface area contributed by atoms with Crippen LogP contribution < -0.4 is 5.32 Å². The quantitative estimate of drug-likeness (QED) is 0.543. The Labute approximate surface area is 112 Å². The third-order valence-electron chi connectivity index (χ3n) is 2.62. The number of likely N-dealkylation sites (N-methyl/N-ethyl adjacent to an activating group) is 1. The standard InChI is InChI=1S/C12H28N2O3S/c1-4-8-13-9-7-12-18(15,16)14(5-2)10-11-17-6-3/h13H,4-12H2,1-3H3. The first-order valence-electron chi connectivity index (χ1n) is 6.84. The van der Waals surface area contributed by atoms with Crippen LogP contribution in [0.5, 0.6) is 0 Å². The lowest BCUT2D eigenvalue weighted by molar-refractivity contribution is 0.135. The molecule has 0 bridgehead atoms. The van der Waals surface area contributed by atoms with Gasteiger partial charge in [-0.1, -0.05) is 13.8 Å². The minimum Gasteiger partial charge on any atom is -0.380 e. The van der Waals surface area contributed by atoms with Gasteiger partial charge in [-0.05, 0) is 32.9 Å². The Bertz CT molecular complexity index is 281. The number of hydrogen-bond donors (Lipinski definition) is 1. The molecule has 0 aliphatic rings. The summed E-state index contributed by atoms with van der Waals surface area (Å²) in [7, 11) is -3.13. The molecule has 0 aromatic heterocycles. The molecule has 0 aliphatic heterocycles. The molecule has 0 spiro atoms. The van der Waals surface area contributed by atoms with Gasteiger partial charge in [-0.25, -0.2) is 8.42 Å². The molecule has 5 nitrogen and oxygen atoms in total. The van der Waals surface area contributed by atoms with Gasteiger partial charge in [0.15, 0.2) is 0 Å². The number of ether oxygens (including phenoxy) is 1. The molecule has 0 radical (unpaired) electrons. The van der Waals surface area contributed by atoms with Crippen LogP contribution in [-0.4, -0.2) is 57.9 Å². The third-order valence-corrected chi connectivity index (χ3v) is 4.65. The highest BCUT2D eigenvalue weighted by Crippen LogP contribution is 2.03. The highest BCUT2D eigenvalue weighted by Gasteiger charge is 2.19. The summed E-state index contributed by atoms with van der Waals surface area (Å²) in [5.74, 6) is 0.212. The first-order chi connectivity index (χ1) is 8.58. The van der Waals surface area contributed by atoms with Gasteiger partial charge in [0.2, 0.25) is 10.0 Å². The first kappa shape index (κ1) is 17.8. The minimum absolute atomic E-state index is 0.212. The number of nitrogens with zero attached hydrogens (tertiary/aromatic N) is 1. The molecule has 6 heteroatoms. The monoisotopic (exact) mass is 280 g/mol. The van der Waals surface area contributed by atoms with E-state index in [0.717, 1.165) is 19.5 Å². The third kappa shape index (κ3) is 8.02. The number of hydrogen-bond acceptors (Lipinski definition) is 4. The van der Waals surface area contributed by atoms with Crippen molar-refractivity contribution in [3.8, 4) is 0 Å². The Balaban J connectivity index is 3.98. The van der Waals surface area contributed by atoms with Gasteiger partial charge in [-0.15, -0.1) is 0 Å². The lowest BCUT2D eigenvalue weighted by atomic mass is 10.4. The maximum absolute atomic E-state index is 12.0. The molecule has 0 saturated carbocycles. The summed E-state index contributed by atoms with van der Waals surface area (Å²) in [6.07, 6.45) is 1.73. The van der Waals surface area contributed by atoms with Crippen LogP contribution >= 0.6 is 0 Å². The molecular weight excluding hydrogens is 252 g/mol. The Kier molecular flexibility index (Phi) is 10.6. The van der Waals surface area contributed by atoms with Crippen molar-refractivity contribution >= 4 is 10.0 Å². The van der Waals surface area contributed by atoms with E-state index in [4.69, 9.17) is 4.74 Å². The molecule has 0 atom stereocenters. The van der Waals surface area contributed by atoms with Crippen molar-refractivity contribution in [1.29, 1.82) is 0 Å². The van der Waals surface area contributed by atoms with E-state index >= 15 is 0 Å². The van der Waals surface area contributed by atoms with E-state index in [1.807, 2.05) is 13.8 Å². The van der Waals surface area contributed by atoms with Crippen LogP contribution in [0.4, 0.5) is 0 Å². The summed E-state index contributed by atoms with van der Waals surface area (Å²) in [6, 6.07) is 0. The van der Waals surface area contributed by atoms with Crippen LogP contribution in [0, 0.1) is 0 Å². The first-order valence-corrected chi connectivity index (χ1v) is 8.45. The predicted molar refractivity (Wildman–Crippen MR) is 75.3 cm³/mol. The van der Waals surface area contributed by atoms with Gasteiger partial charge >= 0.3 is 0 Å². The van der Waals surface area contributed by atoms with Crippen LogP contribution in [0.3, 0.4) is 0 Å². The van der Waals surface area contributed by atoms with Gasteiger partial charge in [0.05, 0.1) is 12.4 Å². The summed E-state index contributed by atoms with van der Waals surface area (Å²) >= 11 is 0. The average molecular weight is 280 g/mol. The fourth-order valence-corrected chi connectivity index (χ4v) is 3.13. The van der Waals surface area contributed by atoms with Gasteiger partial charge in [0, 0.05) is 19.7 Å². The summed E-state index contributed by atoms with van der Waals surface area (Å²) < 4.78 is 30.8. The molecule has 0 rings (SSSR count). The highest BCUT2D eigenvalue weighted by molar-refractivity contribution is 7.89. The fraction of sp³-hybridized carbons (Fsp3) is 1.00. The van der Waals surface area contributed by atoms with E-state index in [0.29, 0.717) is 32.7 Å². The van der Waals surface area contributed by atoms with Crippen LogP contribution in [0.25, 0.3) is 0 Å². The summed E-state index contributed by atoms with van der Waals surface area (Å²) in [5.41, 5.74) is 0. The van der Waals surface area contributed by atoms with Gasteiger partial charge in [-0.2, -0.15) is 4.31 Å². The Morgan fingerprint density at radius 1 is 1.17 bits per heavy atom. The lowest BCUT2D eigenvalue weighted by Crippen LogP contribution is -2.36. The smallest absolute Gasteiger partial charge is 0.214 e. The molecule has 0 unspecified atom stereocenters. The van der Waals surface area contributed by atoms with E-state index in [2.05, 4.69) is 12.2 Å². The van der Waals surface area contributed by atoms with Crippen LogP contribution in [0.15, 0.2) is 0 Å². The summed E-state index contributed by atoms with van der Waals surface area (Å²) in [5, 5.41) is 3.21. The van der Waals surface area contributed by atoms with Crippen molar-refractivity contribution in [2.45, 2.75) is 33.6 Å². The normalized spacial score (nSPS) is 12.2. The molecule has 1 N–H and O–H groups in total. The molecule has 0 saturated heterocycles. The fourth-order valence-electron chi connectivity index (χ4n) is 1.62. The maximum atomic E-state index is 12.0.